The summed E-state index contributed by atoms with van der Waals surface area (Å²) in [5.41, 5.74) is 3.81. The number of urea groups is 1. The highest BCUT2D eigenvalue weighted by Gasteiger charge is 2.39. The Morgan fingerprint density at radius 3 is 2.09 bits per heavy atom. The summed E-state index contributed by atoms with van der Waals surface area (Å²) in [6, 6.07) is 29.6. The monoisotopic (exact) mass is 765 g/mol. The number of nitrogens with one attached hydrogen (secondary N) is 3. The van der Waals surface area contributed by atoms with Crippen molar-refractivity contribution in [3.63, 3.8) is 0 Å². The highest BCUT2D eigenvalue weighted by molar-refractivity contribution is 5.92. The summed E-state index contributed by atoms with van der Waals surface area (Å²) < 4.78 is 17.9. The van der Waals surface area contributed by atoms with Crippen LogP contribution in [0.25, 0.3) is 10.8 Å². The third kappa shape index (κ3) is 12.9. The maximum absolute atomic E-state index is 15.0. The lowest BCUT2D eigenvalue weighted by atomic mass is 9.99. The van der Waals surface area contributed by atoms with Crippen LogP contribution in [-0.4, -0.2) is 77.5 Å². The minimum absolute atomic E-state index is 0.129. The number of hydrogen-bond donors (Lipinski definition) is 3. The van der Waals surface area contributed by atoms with Gasteiger partial charge in [-0.2, -0.15) is 0 Å². The third-order valence-corrected chi connectivity index (χ3v) is 9.09. The second kappa shape index (κ2) is 20.6. The number of benzene rings is 4. The molecular weight excluding hydrogens is 707 g/mol. The molecule has 4 aromatic carbocycles. The van der Waals surface area contributed by atoms with Crippen LogP contribution >= 0.6 is 0 Å². The molecule has 0 bridgehead atoms. The van der Waals surface area contributed by atoms with Gasteiger partial charge in [0.25, 0.3) is 0 Å². The van der Waals surface area contributed by atoms with Crippen molar-refractivity contribution in [2.24, 2.45) is 0 Å². The average Bonchev–Trinajstić information content (AvgIpc) is 3.17. The first-order chi connectivity index (χ1) is 26.7. The van der Waals surface area contributed by atoms with Crippen LogP contribution in [0.5, 0.6) is 5.75 Å². The Hall–Kier alpha value is -5.23. The number of carbonyl (C=O) groups is 3. The van der Waals surface area contributed by atoms with Crippen LogP contribution in [0.4, 0.5) is 4.79 Å². The standard InChI is InChI=1S/C45H59N5O6/c1-9-28-50(48-43(53)46-30-34-18-13-12-14-19-34)45(7,8)42(52)47-39(29-33-24-26-37(27-25-33)56-44(4,5)6)41(51)49(32-40(54-10-2)55-11-3)31-36-22-17-21-35-20-15-16-23-38(35)36/h9,12-27,39-40H,1,10-11,28-32H2,2-8H3,(H,47,52)(H2,46,48,53). The van der Waals surface area contributed by atoms with E-state index in [4.69, 9.17) is 14.2 Å². The zero-order chi connectivity index (χ0) is 40.7. The first-order valence-corrected chi connectivity index (χ1v) is 19.3. The van der Waals surface area contributed by atoms with Gasteiger partial charge in [0.2, 0.25) is 11.8 Å². The van der Waals surface area contributed by atoms with E-state index in [-0.39, 0.29) is 37.6 Å². The molecule has 0 aromatic heterocycles. The highest BCUT2D eigenvalue weighted by atomic mass is 16.7. The maximum atomic E-state index is 15.0. The Balaban J connectivity index is 1.67. The molecule has 4 aromatic rings. The molecule has 4 amide bonds. The molecule has 3 N–H and O–H groups in total. The number of carbonyl (C=O) groups excluding carboxylic acids is 3. The zero-order valence-electron chi connectivity index (χ0n) is 34.0. The van der Waals surface area contributed by atoms with Crippen LogP contribution in [0, 0.1) is 0 Å². The van der Waals surface area contributed by atoms with Gasteiger partial charge in [-0.3, -0.25) is 15.0 Å². The first kappa shape index (κ1) is 43.5. The molecule has 0 aliphatic rings. The molecule has 4 rings (SSSR count). The Labute approximate surface area is 332 Å². The summed E-state index contributed by atoms with van der Waals surface area (Å²) in [4.78, 5) is 44.2. The summed E-state index contributed by atoms with van der Waals surface area (Å²) >= 11 is 0. The molecule has 0 radical (unpaired) electrons. The summed E-state index contributed by atoms with van der Waals surface area (Å²) in [6.45, 7) is 18.6. The van der Waals surface area contributed by atoms with E-state index in [1.165, 1.54) is 5.01 Å². The van der Waals surface area contributed by atoms with Crippen LogP contribution in [0.2, 0.25) is 0 Å². The summed E-state index contributed by atoms with van der Waals surface area (Å²) in [5, 5.41) is 9.50. The van der Waals surface area contributed by atoms with E-state index in [0.29, 0.717) is 25.5 Å². The van der Waals surface area contributed by atoms with Crippen molar-refractivity contribution >= 4 is 28.6 Å². The quantitative estimate of drug-likeness (QED) is 0.0497. The third-order valence-electron chi connectivity index (χ3n) is 9.09. The fraction of sp³-hybridized carbons (Fsp3) is 0.400. The van der Waals surface area contributed by atoms with Gasteiger partial charge in [0.15, 0.2) is 6.29 Å². The van der Waals surface area contributed by atoms with Gasteiger partial charge in [0, 0.05) is 39.3 Å². The summed E-state index contributed by atoms with van der Waals surface area (Å²) in [6.07, 6.45) is 1.10. The maximum Gasteiger partial charge on any atom is 0.329 e. The summed E-state index contributed by atoms with van der Waals surface area (Å²) in [5.74, 6) is -0.0878. The lowest BCUT2D eigenvalue weighted by Crippen LogP contribution is -2.64. The molecular formula is C45H59N5O6. The first-order valence-electron chi connectivity index (χ1n) is 19.3. The molecule has 1 unspecified atom stereocenters. The van der Waals surface area contributed by atoms with Crippen molar-refractivity contribution in [2.45, 2.75) is 91.4 Å². The number of hydrogen-bond acceptors (Lipinski definition) is 7. The fourth-order valence-corrected chi connectivity index (χ4v) is 6.22. The molecule has 0 saturated heterocycles. The lowest BCUT2D eigenvalue weighted by molar-refractivity contribution is -0.161. The van der Waals surface area contributed by atoms with Gasteiger partial charge < -0.3 is 29.7 Å². The van der Waals surface area contributed by atoms with Crippen molar-refractivity contribution in [3.8, 4) is 5.75 Å². The number of fused-ring (bicyclic) bond motifs is 1. The smallest absolute Gasteiger partial charge is 0.329 e. The molecule has 0 saturated carbocycles. The number of amides is 4. The lowest BCUT2D eigenvalue weighted by Gasteiger charge is -2.38. The molecule has 0 heterocycles. The van der Waals surface area contributed by atoms with Gasteiger partial charge in [-0.15, -0.1) is 6.58 Å². The number of rotatable bonds is 20. The van der Waals surface area contributed by atoms with Crippen LogP contribution in [0.3, 0.4) is 0 Å². The van der Waals surface area contributed by atoms with E-state index in [1.807, 2.05) is 132 Å². The Kier molecular flexibility index (Phi) is 16.0. The molecule has 11 heteroatoms. The van der Waals surface area contributed by atoms with Gasteiger partial charge in [0.1, 0.15) is 22.9 Å². The SMILES string of the molecule is C=CCN(NC(=O)NCc1ccccc1)C(C)(C)C(=O)NC(Cc1ccc(OC(C)(C)C)cc1)C(=O)N(Cc1cccc2ccccc12)CC(OCC)OCC. The highest BCUT2D eigenvalue weighted by Crippen LogP contribution is 2.23. The molecule has 0 aliphatic carbocycles. The molecule has 0 aliphatic heterocycles. The van der Waals surface area contributed by atoms with Gasteiger partial charge in [-0.25, -0.2) is 9.80 Å². The fourth-order valence-electron chi connectivity index (χ4n) is 6.22. The van der Waals surface area contributed by atoms with Gasteiger partial charge in [-0.05, 0) is 88.1 Å². The second-order valence-corrected chi connectivity index (χ2v) is 15.0. The van der Waals surface area contributed by atoms with E-state index in [2.05, 4.69) is 22.6 Å². The van der Waals surface area contributed by atoms with E-state index in [0.717, 1.165) is 27.5 Å². The molecule has 0 spiro atoms. The van der Waals surface area contributed by atoms with E-state index in [9.17, 15) is 9.59 Å². The predicted octanol–water partition coefficient (Wildman–Crippen LogP) is 7.15. The Morgan fingerprint density at radius 2 is 1.45 bits per heavy atom. The van der Waals surface area contributed by atoms with Crippen LogP contribution in [-0.2, 0) is 38.6 Å². The molecule has 1 atom stereocenters. The minimum Gasteiger partial charge on any atom is -0.488 e. The number of hydrazine groups is 1. The van der Waals surface area contributed by atoms with Crippen LogP contribution < -0.4 is 20.8 Å². The van der Waals surface area contributed by atoms with Gasteiger partial charge in [0.05, 0.1) is 6.54 Å². The topological polar surface area (TPSA) is 121 Å². The molecule has 0 fully saturated rings. The van der Waals surface area contributed by atoms with Crippen molar-refractivity contribution in [1.29, 1.82) is 0 Å². The Bertz CT molecular complexity index is 1860. The van der Waals surface area contributed by atoms with E-state index < -0.39 is 29.8 Å². The van der Waals surface area contributed by atoms with Crippen molar-refractivity contribution in [2.75, 3.05) is 26.3 Å². The van der Waals surface area contributed by atoms with Crippen LogP contribution in [0.1, 0.15) is 65.2 Å². The predicted molar refractivity (Wildman–Crippen MR) is 222 cm³/mol. The summed E-state index contributed by atoms with van der Waals surface area (Å²) in [7, 11) is 0. The number of ether oxygens (including phenoxy) is 3. The average molecular weight is 766 g/mol. The van der Waals surface area contributed by atoms with Crippen molar-refractivity contribution in [3.05, 3.63) is 126 Å². The molecule has 300 valence electrons. The van der Waals surface area contributed by atoms with Gasteiger partial charge in [-0.1, -0.05) is 91.0 Å². The van der Waals surface area contributed by atoms with Crippen molar-refractivity contribution in [1.82, 2.24) is 26.0 Å². The van der Waals surface area contributed by atoms with Crippen LogP contribution in [0.15, 0.2) is 110 Å². The largest absolute Gasteiger partial charge is 0.488 e. The molecule has 56 heavy (non-hydrogen) atoms. The zero-order valence-corrected chi connectivity index (χ0v) is 34.0. The second-order valence-electron chi connectivity index (χ2n) is 15.0. The van der Waals surface area contributed by atoms with E-state index >= 15 is 4.79 Å². The Morgan fingerprint density at radius 1 is 0.804 bits per heavy atom. The van der Waals surface area contributed by atoms with E-state index in [1.54, 1.807) is 24.8 Å². The van der Waals surface area contributed by atoms with Crippen molar-refractivity contribution < 1.29 is 28.6 Å². The molecule has 11 nitrogen and oxygen atoms in total. The van der Waals surface area contributed by atoms with Gasteiger partial charge >= 0.3 is 6.03 Å². The number of nitrogens with zero attached hydrogens (tertiary/aromatic N) is 2. The minimum atomic E-state index is -1.32. The normalized spacial score (nSPS) is 12.3.